The fourth-order valence-electron chi connectivity index (χ4n) is 4.67. The van der Waals surface area contributed by atoms with E-state index in [0.29, 0.717) is 29.8 Å². The molecule has 0 spiro atoms. The molecule has 2 aromatic heterocycles. The zero-order valence-electron chi connectivity index (χ0n) is 17.6. The highest BCUT2D eigenvalue weighted by atomic mass is 19.1. The third-order valence-electron chi connectivity index (χ3n) is 6.59. The van der Waals surface area contributed by atoms with Gasteiger partial charge in [0, 0.05) is 30.9 Å². The first-order valence-electron chi connectivity index (χ1n) is 11.1. The van der Waals surface area contributed by atoms with Crippen molar-refractivity contribution in [3.63, 3.8) is 0 Å². The van der Waals surface area contributed by atoms with Crippen molar-refractivity contribution >= 4 is 16.9 Å². The zero-order chi connectivity index (χ0) is 21.7. The molecular weight excluding hydrogens is 407 g/mol. The Balaban J connectivity index is 1.22. The summed E-state index contributed by atoms with van der Waals surface area (Å²) in [5, 5.41) is 9.22. The molecule has 6 nitrogen and oxygen atoms in total. The van der Waals surface area contributed by atoms with E-state index in [-0.39, 0.29) is 11.7 Å². The first-order chi connectivity index (χ1) is 15.7. The number of halogens is 1. The number of rotatable bonds is 5. The summed E-state index contributed by atoms with van der Waals surface area (Å²) in [6, 6.07) is 12.9. The lowest BCUT2D eigenvalue weighted by Gasteiger charge is -2.17. The van der Waals surface area contributed by atoms with E-state index in [9.17, 15) is 4.79 Å². The van der Waals surface area contributed by atoms with Gasteiger partial charge < -0.3 is 13.9 Å². The summed E-state index contributed by atoms with van der Waals surface area (Å²) >= 11 is 0. The van der Waals surface area contributed by atoms with Gasteiger partial charge in [-0.05, 0) is 66.6 Å². The molecule has 1 aliphatic heterocycles. The maximum Gasteiger partial charge on any atom is 0.225 e. The quantitative estimate of drug-likeness (QED) is 0.458. The topological polar surface area (TPSA) is 64.2 Å². The van der Waals surface area contributed by atoms with Crippen molar-refractivity contribution in [2.45, 2.75) is 25.8 Å². The molecular formula is C25H23FN4O2. The third kappa shape index (κ3) is 3.47. The van der Waals surface area contributed by atoms with Gasteiger partial charge >= 0.3 is 0 Å². The third-order valence-corrected chi connectivity index (χ3v) is 6.59. The molecule has 2 fully saturated rings. The molecule has 2 aromatic carbocycles. The number of likely N-dealkylation sites (tertiary alicyclic amines) is 1. The highest BCUT2D eigenvalue weighted by Crippen LogP contribution is 2.34. The molecule has 0 N–H and O–H groups in total. The molecule has 0 unspecified atom stereocenters. The van der Waals surface area contributed by atoms with Crippen molar-refractivity contribution in [3.05, 3.63) is 60.9 Å². The number of furan rings is 1. The Labute approximate surface area is 184 Å². The molecule has 0 bridgehead atoms. The summed E-state index contributed by atoms with van der Waals surface area (Å²) in [5.41, 5.74) is 2.96. The van der Waals surface area contributed by atoms with Crippen molar-refractivity contribution < 1.29 is 13.6 Å². The van der Waals surface area contributed by atoms with Gasteiger partial charge in [-0.15, -0.1) is 10.2 Å². The van der Waals surface area contributed by atoms with E-state index in [1.165, 1.54) is 0 Å². The molecule has 1 aliphatic carbocycles. The van der Waals surface area contributed by atoms with Gasteiger partial charge in [0.15, 0.2) is 5.82 Å². The molecule has 2 aliphatic rings. The Hall–Kier alpha value is -3.48. The highest BCUT2D eigenvalue weighted by Gasteiger charge is 2.36. The second kappa shape index (κ2) is 7.58. The van der Waals surface area contributed by atoms with Crippen LogP contribution in [0.25, 0.3) is 33.5 Å². The standard InChI is InChI=1S/C25H23FN4O2/c26-22-12-19(18-4-6-23-20(11-18)8-10-32-23)3-5-21(22)24-28-27-15-30(24)14-16-7-9-29(13-16)25(31)17-1-2-17/h3-6,8,10-12,15-17H,1-2,7,9,13-14H2/t16-/m1/s1. The minimum absolute atomic E-state index is 0.251. The van der Waals surface area contributed by atoms with Gasteiger partial charge in [0.25, 0.3) is 0 Å². The van der Waals surface area contributed by atoms with Crippen LogP contribution in [-0.4, -0.2) is 38.7 Å². The minimum atomic E-state index is -0.332. The number of hydrogen-bond acceptors (Lipinski definition) is 4. The van der Waals surface area contributed by atoms with Crippen LogP contribution in [-0.2, 0) is 11.3 Å². The average Bonchev–Trinajstić information content (AvgIpc) is 3.17. The molecule has 1 saturated heterocycles. The molecule has 4 aromatic rings. The van der Waals surface area contributed by atoms with Crippen LogP contribution < -0.4 is 0 Å². The number of nitrogens with zero attached hydrogens (tertiary/aromatic N) is 4. The summed E-state index contributed by atoms with van der Waals surface area (Å²) in [7, 11) is 0. The van der Waals surface area contributed by atoms with E-state index in [1.807, 2.05) is 39.8 Å². The molecule has 32 heavy (non-hydrogen) atoms. The lowest BCUT2D eigenvalue weighted by atomic mass is 10.0. The van der Waals surface area contributed by atoms with Crippen molar-refractivity contribution in [2.24, 2.45) is 11.8 Å². The van der Waals surface area contributed by atoms with E-state index < -0.39 is 0 Å². The monoisotopic (exact) mass is 430 g/mol. The second-order valence-corrected chi connectivity index (χ2v) is 8.89. The van der Waals surface area contributed by atoms with Crippen molar-refractivity contribution in [1.29, 1.82) is 0 Å². The highest BCUT2D eigenvalue weighted by molar-refractivity contribution is 5.84. The van der Waals surface area contributed by atoms with Crippen LogP contribution in [0.4, 0.5) is 4.39 Å². The van der Waals surface area contributed by atoms with E-state index in [1.54, 1.807) is 24.7 Å². The van der Waals surface area contributed by atoms with Crippen LogP contribution in [0.15, 0.2) is 59.5 Å². The van der Waals surface area contributed by atoms with Gasteiger partial charge in [0.1, 0.15) is 17.7 Å². The molecule has 162 valence electrons. The fraction of sp³-hybridized carbons (Fsp3) is 0.320. The predicted molar refractivity (Wildman–Crippen MR) is 118 cm³/mol. The number of aromatic nitrogens is 3. The molecule has 7 heteroatoms. The average molecular weight is 430 g/mol. The number of carbonyl (C=O) groups excluding carboxylic acids is 1. The van der Waals surface area contributed by atoms with Crippen molar-refractivity contribution in [2.75, 3.05) is 13.1 Å². The van der Waals surface area contributed by atoms with E-state index >= 15 is 4.39 Å². The second-order valence-electron chi connectivity index (χ2n) is 8.89. The van der Waals surface area contributed by atoms with E-state index in [4.69, 9.17) is 4.42 Å². The molecule has 1 amide bonds. The summed E-state index contributed by atoms with van der Waals surface area (Å²) in [5.74, 6) is 1.07. The van der Waals surface area contributed by atoms with Crippen LogP contribution in [0.1, 0.15) is 19.3 Å². The smallest absolute Gasteiger partial charge is 0.225 e. The lowest BCUT2D eigenvalue weighted by molar-refractivity contribution is -0.131. The zero-order valence-corrected chi connectivity index (χ0v) is 17.6. The van der Waals surface area contributed by atoms with Gasteiger partial charge in [0.2, 0.25) is 5.91 Å². The van der Waals surface area contributed by atoms with Gasteiger partial charge in [-0.3, -0.25) is 4.79 Å². The first kappa shape index (κ1) is 19.2. The van der Waals surface area contributed by atoms with Crippen LogP contribution in [0.5, 0.6) is 0 Å². The molecule has 6 rings (SSSR count). The first-order valence-corrected chi connectivity index (χ1v) is 11.1. The van der Waals surface area contributed by atoms with E-state index in [2.05, 4.69) is 10.2 Å². The van der Waals surface area contributed by atoms with Gasteiger partial charge in [-0.25, -0.2) is 4.39 Å². The Morgan fingerprint density at radius 3 is 2.78 bits per heavy atom. The van der Waals surface area contributed by atoms with Gasteiger partial charge in [-0.1, -0.05) is 12.1 Å². The maximum absolute atomic E-state index is 15.2. The van der Waals surface area contributed by atoms with Gasteiger partial charge in [-0.2, -0.15) is 0 Å². The number of amides is 1. The maximum atomic E-state index is 15.2. The van der Waals surface area contributed by atoms with Gasteiger partial charge in [0.05, 0.1) is 11.8 Å². The van der Waals surface area contributed by atoms with Crippen LogP contribution in [0.3, 0.4) is 0 Å². The number of carbonyl (C=O) groups is 1. The molecule has 1 atom stereocenters. The Morgan fingerprint density at radius 2 is 1.94 bits per heavy atom. The molecule has 1 saturated carbocycles. The summed E-state index contributed by atoms with van der Waals surface area (Å²) in [6.45, 7) is 2.24. The largest absolute Gasteiger partial charge is 0.464 e. The summed E-state index contributed by atoms with van der Waals surface area (Å²) < 4.78 is 22.5. The fourth-order valence-corrected chi connectivity index (χ4v) is 4.67. The van der Waals surface area contributed by atoms with Crippen LogP contribution >= 0.6 is 0 Å². The minimum Gasteiger partial charge on any atom is -0.464 e. The van der Waals surface area contributed by atoms with Crippen LogP contribution in [0.2, 0.25) is 0 Å². The van der Waals surface area contributed by atoms with Crippen molar-refractivity contribution in [3.8, 4) is 22.5 Å². The Morgan fingerprint density at radius 1 is 1.09 bits per heavy atom. The number of fused-ring (bicyclic) bond motifs is 1. The Bertz CT molecular complexity index is 1310. The molecule has 0 radical (unpaired) electrons. The number of benzene rings is 2. The molecule has 3 heterocycles. The Kier molecular flexibility index (Phi) is 4.56. The number of hydrogen-bond donors (Lipinski definition) is 0. The normalized spacial score (nSPS) is 18.5. The van der Waals surface area contributed by atoms with Crippen molar-refractivity contribution in [1.82, 2.24) is 19.7 Å². The summed E-state index contributed by atoms with van der Waals surface area (Å²) in [4.78, 5) is 14.3. The predicted octanol–water partition coefficient (Wildman–Crippen LogP) is 4.76. The van der Waals surface area contributed by atoms with E-state index in [0.717, 1.165) is 54.4 Å². The summed E-state index contributed by atoms with van der Waals surface area (Å²) in [6.07, 6.45) is 6.31. The van der Waals surface area contributed by atoms with Crippen LogP contribution in [0, 0.1) is 17.7 Å². The lowest BCUT2D eigenvalue weighted by Crippen LogP contribution is -2.30. The SMILES string of the molecule is O=C(C1CC1)N1CC[C@@H](Cn2cnnc2-c2ccc(-c3ccc4occc4c3)cc2F)C1.